The van der Waals surface area contributed by atoms with Crippen LogP contribution in [0.25, 0.3) is 0 Å². The van der Waals surface area contributed by atoms with E-state index in [4.69, 9.17) is 0 Å². The number of anilines is 1. The van der Waals surface area contributed by atoms with Crippen LogP contribution >= 0.6 is 0 Å². The van der Waals surface area contributed by atoms with Crippen LogP contribution in [0.4, 0.5) is 5.69 Å². The lowest BCUT2D eigenvalue weighted by molar-refractivity contribution is -0.117. The molecule has 20 heavy (non-hydrogen) atoms. The van der Waals surface area contributed by atoms with Crippen molar-refractivity contribution in [3.05, 3.63) is 60.4 Å². The van der Waals surface area contributed by atoms with E-state index in [1.807, 2.05) is 56.3 Å². The second kappa shape index (κ2) is 6.82. The number of carbonyl (C=O) groups excluding carboxylic acids is 1. The van der Waals surface area contributed by atoms with Crippen molar-refractivity contribution < 1.29 is 4.79 Å². The van der Waals surface area contributed by atoms with E-state index in [1.54, 1.807) is 12.4 Å². The minimum atomic E-state index is -0.279. The summed E-state index contributed by atoms with van der Waals surface area (Å²) in [6.45, 7) is 3.89. The number of nitrogens with one attached hydrogen (secondary N) is 2. The molecule has 2 atom stereocenters. The van der Waals surface area contributed by atoms with Crippen molar-refractivity contribution in [3.63, 3.8) is 0 Å². The minimum Gasteiger partial charge on any atom is -0.325 e. The van der Waals surface area contributed by atoms with Crippen molar-refractivity contribution in [1.29, 1.82) is 0 Å². The number of benzene rings is 1. The molecule has 1 heterocycles. The number of carbonyl (C=O) groups is 1. The van der Waals surface area contributed by atoms with Crippen LogP contribution in [0.15, 0.2) is 54.9 Å². The van der Waals surface area contributed by atoms with Gasteiger partial charge in [-0.2, -0.15) is 0 Å². The van der Waals surface area contributed by atoms with E-state index in [0.717, 1.165) is 11.3 Å². The normalized spacial score (nSPS) is 13.5. The van der Waals surface area contributed by atoms with Gasteiger partial charge in [0, 0.05) is 24.1 Å². The Bertz CT molecular complexity index is 542. The lowest BCUT2D eigenvalue weighted by atomic mass is 10.1. The van der Waals surface area contributed by atoms with Crippen LogP contribution in [-0.4, -0.2) is 16.9 Å². The highest BCUT2D eigenvalue weighted by molar-refractivity contribution is 5.94. The van der Waals surface area contributed by atoms with Gasteiger partial charge in [-0.3, -0.25) is 15.1 Å². The molecule has 0 spiro atoms. The van der Waals surface area contributed by atoms with Gasteiger partial charge >= 0.3 is 0 Å². The first-order valence-corrected chi connectivity index (χ1v) is 6.68. The fraction of sp³-hybridized carbons (Fsp3) is 0.250. The second-order valence-corrected chi connectivity index (χ2v) is 4.75. The summed E-state index contributed by atoms with van der Waals surface area (Å²) in [5, 5.41) is 6.16. The Hall–Kier alpha value is -2.20. The third-order valence-electron chi connectivity index (χ3n) is 3.14. The van der Waals surface area contributed by atoms with E-state index >= 15 is 0 Å². The van der Waals surface area contributed by atoms with Gasteiger partial charge in [0.15, 0.2) is 0 Å². The third kappa shape index (κ3) is 3.90. The number of aromatic nitrogens is 1. The number of hydrogen-bond donors (Lipinski definition) is 2. The minimum absolute atomic E-state index is 0.0443. The Labute approximate surface area is 119 Å². The zero-order chi connectivity index (χ0) is 14.4. The SMILES string of the molecule is CC(NC(C)c1ccncc1)C(=O)Nc1ccccc1. The Balaban J connectivity index is 1.91. The smallest absolute Gasteiger partial charge is 0.241 e. The quantitative estimate of drug-likeness (QED) is 0.877. The Morgan fingerprint density at radius 1 is 1.05 bits per heavy atom. The molecule has 0 saturated carbocycles. The van der Waals surface area contributed by atoms with Crippen LogP contribution in [0.1, 0.15) is 25.5 Å². The van der Waals surface area contributed by atoms with Crippen molar-refractivity contribution in [2.75, 3.05) is 5.32 Å². The number of rotatable bonds is 5. The number of nitrogens with zero attached hydrogens (tertiary/aromatic N) is 1. The third-order valence-corrected chi connectivity index (χ3v) is 3.14. The van der Waals surface area contributed by atoms with Gasteiger partial charge in [-0.05, 0) is 43.7 Å². The molecule has 0 aliphatic rings. The van der Waals surface area contributed by atoms with Crippen molar-refractivity contribution in [2.24, 2.45) is 0 Å². The van der Waals surface area contributed by atoms with Crippen LogP contribution in [0.3, 0.4) is 0 Å². The van der Waals surface area contributed by atoms with Gasteiger partial charge in [-0.15, -0.1) is 0 Å². The van der Waals surface area contributed by atoms with Gasteiger partial charge in [0.2, 0.25) is 5.91 Å². The second-order valence-electron chi connectivity index (χ2n) is 4.75. The van der Waals surface area contributed by atoms with Crippen LogP contribution in [0.5, 0.6) is 0 Å². The summed E-state index contributed by atoms with van der Waals surface area (Å²) in [5.41, 5.74) is 1.92. The summed E-state index contributed by atoms with van der Waals surface area (Å²) in [6, 6.07) is 13.2. The van der Waals surface area contributed by atoms with E-state index in [-0.39, 0.29) is 18.0 Å². The molecule has 4 nitrogen and oxygen atoms in total. The fourth-order valence-electron chi connectivity index (χ4n) is 1.97. The first-order chi connectivity index (χ1) is 9.66. The highest BCUT2D eigenvalue weighted by Gasteiger charge is 2.16. The van der Waals surface area contributed by atoms with E-state index in [1.165, 1.54) is 0 Å². The average molecular weight is 269 g/mol. The molecule has 2 unspecified atom stereocenters. The maximum Gasteiger partial charge on any atom is 0.241 e. The van der Waals surface area contributed by atoms with Crippen molar-refractivity contribution in [2.45, 2.75) is 25.9 Å². The van der Waals surface area contributed by atoms with Gasteiger partial charge in [-0.1, -0.05) is 18.2 Å². The predicted molar refractivity (Wildman–Crippen MR) is 80.3 cm³/mol. The fourth-order valence-corrected chi connectivity index (χ4v) is 1.97. The maximum atomic E-state index is 12.1. The van der Waals surface area contributed by atoms with Gasteiger partial charge in [0.05, 0.1) is 6.04 Å². The highest BCUT2D eigenvalue weighted by Crippen LogP contribution is 2.12. The number of amides is 1. The van der Waals surface area contributed by atoms with Gasteiger partial charge in [0.25, 0.3) is 0 Å². The molecule has 0 radical (unpaired) electrons. The summed E-state index contributed by atoms with van der Waals surface area (Å²) in [5.74, 6) is -0.0443. The van der Waals surface area contributed by atoms with E-state index in [0.29, 0.717) is 0 Å². The van der Waals surface area contributed by atoms with Crippen LogP contribution < -0.4 is 10.6 Å². The van der Waals surface area contributed by atoms with Crippen molar-refractivity contribution >= 4 is 11.6 Å². The van der Waals surface area contributed by atoms with Crippen molar-refractivity contribution in [1.82, 2.24) is 10.3 Å². The molecule has 0 fully saturated rings. The molecule has 1 aromatic heterocycles. The van der Waals surface area contributed by atoms with E-state index in [9.17, 15) is 4.79 Å². The molecule has 2 rings (SSSR count). The van der Waals surface area contributed by atoms with Crippen LogP contribution in [0, 0.1) is 0 Å². The first kappa shape index (κ1) is 14.2. The molecular formula is C16H19N3O. The van der Waals surface area contributed by atoms with Gasteiger partial charge in [-0.25, -0.2) is 0 Å². The van der Waals surface area contributed by atoms with Gasteiger partial charge in [0.1, 0.15) is 0 Å². The zero-order valence-corrected chi connectivity index (χ0v) is 11.7. The summed E-state index contributed by atoms with van der Waals surface area (Å²) < 4.78 is 0. The lowest BCUT2D eigenvalue weighted by Gasteiger charge is -2.19. The standard InChI is InChI=1S/C16H19N3O/c1-12(14-8-10-17-11-9-14)18-13(2)16(20)19-15-6-4-3-5-7-15/h3-13,18H,1-2H3,(H,19,20). The zero-order valence-electron chi connectivity index (χ0n) is 11.7. The summed E-state index contributed by atoms with van der Waals surface area (Å²) in [7, 11) is 0. The molecule has 1 amide bonds. The molecule has 2 aromatic rings. The van der Waals surface area contributed by atoms with Crippen LogP contribution in [-0.2, 0) is 4.79 Å². The summed E-state index contributed by atoms with van der Waals surface area (Å²) in [6.07, 6.45) is 3.50. The monoisotopic (exact) mass is 269 g/mol. The topological polar surface area (TPSA) is 54.0 Å². The number of hydrogen-bond acceptors (Lipinski definition) is 3. The lowest BCUT2D eigenvalue weighted by Crippen LogP contribution is -2.39. The first-order valence-electron chi connectivity index (χ1n) is 6.68. The predicted octanol–water partition coefficient (Wildman–Crippen LogP) is 2.76. The molecule has 1 aromatic carbocycles. The molecule has 2 N–H and O–H groups in total. The molecule has 0 bridgehead atoms. The maximum absolute atomic E-state index is 12.1. The van der Waals surface area contributed by atoms with Gasteiger partial charge < -0.3 is 5.32 Å². The Morgan fingerprint density at radius 2 is 1.70 bits per heavy atom. The largest absolute Gasteiger partial charge is 0.325 e. The molecule has 0 aliphatic heterocycles. The molecule has 0 aliphatic carbocycles. The summed E-state index contributed by atoms with van der Waals surface area (Å²) in [4.78, 5) is 16.1. The average Bonchev–Trinajstić information content (AvgIpc) is 2.49. The van der Waals surface area contributed by atoms with Crippen molar-refractivity contribution in [3.8, 4) is 0 Å². The number of para-hydroxylation sites is 1. The van der Waals surface area contributed by atoms with Crippen LogP contribution in [0.2, 0.25) is 0 Å². The molecule has 104 valence electrons. The Kier molecular flexibility index (Phi) is 4.85. The highest BCUT2D eigenvalue weighted by atomic mass is 16.2. The molecular weight excluding hydrogens is 250 g/mol. The summed E-state index contributed by atoms with van der Waals surface area (Å²) >= 11 is 0. The molecule has 4 heteroatoms. The number of pyridine rings is 1. The molecule has 0 saturated heterocycles. The van der Waals surface area contributed by atoms with E-state index in [2.05, 4.69) is 15.6 Å². The Morgan fingerprint density at radius 3 is 2.35 bits per heavy atom. The van der Waals surface area contributed by atoms with E-state index < -0.39 is 0 Å².